The molecular weight excluding hydrogens is 406 g/mol. The number of aromatic nitrogens is 2. The van der Waals surface area contributed by atoms with E-state index in [1.54, 1.807) is 22.1 Å². The monoisotopic (exact) mass is 432 g/mol. The van der Waals surface area contributed by atoms with Gasteiger partial charge >= 0.3 is 6.09 Å². The fourth-order valence-electron chi connectivity index (χ4n) is 3.81. The molecule has 1 amide bonds. The molecule has 2 aliphatic heterocycles. The summed E-state index contributed by atoms with van der Waals surface area (Å²) >= 11 is 0. The fraction of sp³-hybridized carbons (Fsp3) is 0.500. The Labute approximate surface area is 180 Å². The van der Waals surface area contributed by atoms with Gasteiger partial charge < -0.3 is 14.4 Å². The number of rotatable bonds is 6. The summed E-state index contributed by atoms with van der Waals surface area (Å²) in [6, 6.07) is 2.99. The topological polar surface area (TPSA) is 67.8 Å². The van der Waals surface area contributed by atoms with Crippen molar-refractivity contribution in [2.45, 2.75) is 45.4 Å². The lowest BCUT2D eigenvalue weighted by Gasteiger charge is -2.34. The Morgan fingerprint density at radius 3 is 2.61 bits per heavy atom. The molecule has 166 valence electrons. The Hall–Kier alpha value is -2.97. The summed E-state index contributed by atoms with van der Waals surface area (Å²) in [6.07, 6.45) is 0.321. The second-order valence-corrected chi connectivity index (χ2v) is 8.32. The highest BCUT2D eigenvalue weighted by molar-refractivity contribution is 5.75. The van der Waals surface area contributed by atoms with Crippen LogP contribution < -0.4 is 9.64 Å². The van der Waals surface area contributed by atoms with Crippen LogP contribution >= 0.6 is 0 Å². The molecule has 0 bridgehead atoms. The molecule has 0 radical (unpaired) electrons. The largest absolute Gasteiger partial charge is 0.496 e. The van der Waals surface area contributed by atoms with Crippen LogP contribution in [0.3, 0.4) is 0 Å². The van der Waals surface area contributed by atoms with Crippen LogP contribution in [-0.2, 0) is 11.3 Å². The number of ether oxygens (including phenoxy) is 2. The van der Waals surface area contributed by atoms with E-state index in [2.05, 4.69) is 9.97 Å². The highest BCUT2D eigenvalue weighted by Gasteiger charge is 2.33. The van der Waals surface area contributed by atoms with Crippen molar-refractivity contribution in [3.63, 3.8) is 0 Å². The van der Waals surface area contributed by atoms with Crippen LogP contribution in [0.4, 0.5) is 19.5 Å². The Kier molecular flexibility index (Phi) is 5.68. The van der Waals surface area contributed by atoms with Crippen LogP contribution in [0.15, 0.2) is 18.3 Å². The number of anilines is 1. The van der Waals surface area contributed by atoms with Gasteiger partial charge in [-0.15, -0.1) is 0 Å². The van der Waals surface area contributed by atoms with E-state index in [1.165, 1.54) is 13.2 Å². The molecule has 4 rings (SSSR count). The molecular formula is C22H26F2N4O3. The number of nitrogens with zero attached hydrogens (tertiary/aromatic N) is 4. The summed E-state index contributed by atoms with van der Waals surface area (Å²) in [4.78, 5) is 24.6. The lowest BCUT2D eigenvalue weighted by Crippen LogP contribution is -2.49. The number of cyclic esters (lactones) is 1. The van der Waals surface area contributed by atoms with Gasteiger partial charge in [0.25, 0.3) is 0 Å². The minimum Gasteiger partial charge on any atom is -0.496 e. The first-order chi connectivity index (χ1) is 14.8. The van der Waals surface area contributed by atoms with Crippen LogP contribution in [0.2, 0.25) is 0 Å². The Morgan fingerprint density at radius 1 is 1.29 bits per heavy atom. The minimum atomic E-state index is -0.897. The Morgan fingerprint density at radius 2 is 2.03 bits per heavy atom. The maximum Gasteiger partial charge on any atom is 0.410 e. The molecule has 3 heterocycles. The standard InChI is InChI=1S/C22H26F2N4O3/c1-12(2)15-5-16(20(30-4)6-18(15)24)17-7-25-21(27-8-14(23)9-27)26-19(17)10-28-13(3)11-31-22(28)29/h5-7,12-14H,8-11H2,1-4H3. The zero-order valence-corrected chi connectivity index (χ0v) is 18.1. The van der Waals surface area contributed by atoms with Crippen molar-refractivity contribution in [2.75, 3.05) is 31.7 Å². The summed E-state index contributed by atoms with van der Waals surface area (Å²) in [5, 5.41) is 0. The molecule has 1 atom stereocenters. The van der Waals surface area contributed by atoms with Gasteiger partial charge in [-0.3, -0.25) is 4.90 Å². The molecule has 1 aromatic carbocycles. The zero-order valence-electron chi connectivity index (χ0n) is 18.1. The van der Waals surface area contributed by atoms with E-state index < -0.39 is 12.3 Å². The van der Waals surface area contributed by atoms with E-state index in [0.717, 1.165) is 0 Å². The summed E-state index contributed by atoms with van der Waals surface area (Å²) < 4.78 is 38.5. The van der Waals surface area contributed by atoms with Crippen molar-refractivity contribution in [1.29, 1.82) is 0 Å². The van der Waals surface area contributed by atoms with Crippen LogP contribution in [0.25, 0.3) is 11.1 Å². The predicted molar refractivity (Wildman–Crippen MR) is 112 cm³/mol. The van der Waals surface area contributed by atoms with Gasteiger partial charge in [0.2, 0.25) is 5.95 Å². The highest BCUT2D eigenvalue weighted by Crippen LogP contribution is 2.37. The summed E-state index contributed by atoms with van der Waals surface area (Å²) in [6.45, 7) is 6.68. The third kappa shape index (κ3) is 4.00. The lowest BCUT2D eigenvalue weighted by atomic mass is 9.95. The van der Waals surface area contributed by atoms with E-state index >= 15 is 0 Å². The fourth-order valence-corrected chi connectivity index (χ4v) is 3.81. The smallest absolute Gasteiger partial charge is 0.410 e. The van der Waals surface area contributed by atoms with Gasteiger partial charge in [0.05, 0.1) is 38.5 Å². The maximum absolute atomic E-state index is 14.6. The van der Waals surface area contributed by atoms with Crippen molar-refractivity contribution >= 4 is 12.0 Å². The lowest BCUT2D eigenvalue weighted by molar-refractivity contribution is 0.156. The second-order valence-electron chi connectivity index (χ2n) is 8.32. The molecule has 7 nitrogen and oxygen atoms in total. The predicted octanol–water partition coefficient (Wildman–Crippen LogP) is 3.91. The SMILES string of the molecule is COc1cc(F)c(C(C)C)cc1-c1cnc(N2CC(F)C2)nc1CN1C(=O)OCC1C. The third-order valence-corrected chi connectivity index (χ3v) is 5.74. The summed E-state index contributed by atoms with van der Waals surface area (Å²) in [5.41, 5.74) is 2.38. The van der Waals surface area contributed by atoms with Gasteiger partial charge in [0.1, 0.15) is 24.3 Å². The first kappa shape index (κ1) is 21.3. The number of alkyl halides is 1. The van der Waals surface area contributed by atoms with Gasteiger partial charge in [0, 0.05) is 23.4 Å². The number of hydrogen-bond donors (Lipinski definition) is 0. The molecule has 2 fully saturated rings. The van der Waals surface area contributed by atoms with Crippen LogP contribution in [0.1, 0.15) is 37.9 Å². The average molecular weight is 432 g/mol. The molecule has 2 aliphatic rings. The number of carbonyl (C=O) groups excluding carboxylic acids is 1. The summed E-state index contributed by atoms with van der Waals surface area (Å²) in [5.74, 6) is 0.368. The van der Waals surface area contributed by atoms with Gasteiger partial charge in [-0.2, -0.15) is 0 Å². The first-order valence-corrected chi connectivity index (χ1v) is 10.3. The number of halogens is 2. The Balaban J connectivity index is 1.81. The zero-order chi connectivity index (χ0) is 22.3. The van der Waals surface area contributed by atoms with Gasteiger partial charge in [-0.05, 0) is 24.5 Å². The number of amides is 1. The van der Waals surface area contributed by atoms with Crippen LogP contribution in [-0.4, -0.2) is 60.0 Å². The first-order valence-electron chi connectivity index (χ1n) is 10.3. The summed E-state index contributed by atoms with van der Waals surface area (Å²) in [7, 11) is 1.48. The highest BCUT2D eigenvalue weighted by atomic mass is 19.1. The molecule has 0 spiro atoms. The number of hydrogen-bond acceptors (Lipinski definition) is 6. The van der Waals surface area contributed by atoms with E-state index in [0.29, 0.717) is 40.7 Å². The second kappa shape index (κ2) is 8.28. The van der Waals surface area contributed by atoms with E-state index in [-0.39, 0.29) is 37.4 Å². The molecule has 1 unspecified atom stereocenters. The van der Waals surface area contributed by atoms with Crippen LogP contribution in [0.5, 0.6) is 5.75 Å². The van der Waals surface area contributed by atoms with Crippen molar-refractivity contribution in [2.24, 2.45) is 0 Å². The van der Waals surface area contributed by atoms with Crippen molar-refractivity contribution in [3.05, 3.63) is 35.4 Å². The molecule has 0 N–H and O–H groups in total. The van der Waals surface area contributed by atoms with Crippen molar-refractivity contribution in [3.8, 4) is 16.9 Å². The maximum atomic E-state index is 14.6. The van der Waals surface area contributed by atoms with Gasteiger partial charge in [-0.1, -0.05) is 13.8 Å². The normalized spacial score (nSPS) is 19.1. The minimum absolute atomic E-state index is 0.0375. The molecule has 0 aliphatic carbocycles. The van der Waals surface area contributed by atoms with Crippen molar-refractivity contribution in [1.82, 2.24) is 14.9 Å². The van der Waals surface area contributed by atoms with E-state index in [1.807, 2.05) is 20.8 Å². The number of benzene rings is 1. The third-order valence-electron chi connectivity index (χ3n) is 5.74. The molecule has 0 saturated carbocycles. The van der Waals surface area contributed by atoms with Gasteiger partial charge in [-0.25, -0.2) is 23.5 Å². The number of carbonyl (C=O) groups is 1. The molecule has 9 heteroatoms. The number of methoxy groups -OCH3 is 1. The molecule has 1 aromatic heterocycles. The molecule has 2 saturated heterocycles. The molecule has 31 heavy (non-hydrogen) atoms. The van der Waals surface area contributed by atoms with E-state index in [9.17, 15) is 13.6 Å². The van der Waals surface area contributed by atoms with Crippen molar-refractivity contribution < 1.29 is 23.0 Å². The quantitative estimate of drug-likeness (QED) is 0.690. The average Bonchev–Trinajstić information content (AvgIpc) is 3.03. The molecule has 2 aromatic rings. The van der Waals surface area contributed by atoms with Gasteiger partial charge in [0.15, 0.2) is 0 Å². The van der Waals surface area contributed by atoms with E-state index in [4.69, 9.17) is 9.47 Å². The Bertz CT molecular complexity index is 995. The van der Waals surface area contributed by atoms with Crippen LogP contribution in [0, 0.1) is 5.82 Å².